The molecule has 0 aliphatic rings. The average Bonchev–Trinajstić information content (AvgIpc) is 2.77. The fourth-order valence-corrected chi connectivity index (χ4v) is 3.28. The third-order valence-electron chi connectivity index (χ3n) is 3.24. The summed E-state index contributed by atoms with van der Waals surface area (Å²) in [5.41, 5.74) is 0.948. The molecular weight excluding hydrogens is 288 g/mol. The molecule has 21 heavy (non-hydrogen) atoms. The summed E-state index contributed by atoms with van der Waals surface area (Å²) >= 11 is 1.67. The highest BCUT2D eigenvalue weighted by Crippen LogP contribution is 2.27. The van der Waals surface area contributed by atoms with Gasteiger partial charge in [0.15, 0.2) is 0 Å². The van der Waals surface area contributed by atoms with E-state index in [1.165, 1.54) is 17.0 Å². The smallest absolute Gasteiger partial charge is 0.282 e. The minimum absolute atomic E-state index is 0.0824. The normalized spacial score (nSPS) is 12.0. The van der Waals surface area contributed by atoms with Crippen molar-refractivity contribution in [2.24, 2.45) is 0 Å². The van der Waals surface area contributed by atoms with Crippen molar-refractivity contribution >= 4 is 22.9 Å². The fraction of sp³-hybridized carbons (Fsp3) is 0.267. The molecule has 0 radical (unpaired) electrons. The van der Waals surface area contributed by atoms with Crippen molar-refractivity contribution in [2.45, 2.75) is 26.8 Å². The number of hydrogen-bond acceptors (Lipinski definition) is 4. The number of hydrogen-bond donors (Lipinski definition) is 1. The first-order chi connectivity index (χ1) is 9.90. The van der Waals surface area contributed by atoms with Gasteiger partial charge in [0.2, 0.25) is 0 Å². The molecule has 0 spiro atoms. The summed E-state index contributed by atoms with van der Waals surface area (Å²) < 4.78 is 0. The molecule has 6 heteroatoms. The van der Waals surface area contributed by atoms with Crippen LogP contribution in [-0.2, 0) is 0 Å². The van der Waals surface area contributed by atoms with E-state index in [4.69, 9.17) is 0 Å². The number of amides is 1. The van der Waals surface area contributed by atoms with Crippen molar-refractivity contribution in [2.75, 3.05) is 0 Å². The van der Waals surface area contributed by atoms with E-state index in [-0.39, 0.29) is 17.3 Å². The predicted molar refractivity (Wildman–Crippen MR) is 82.8 cm³/mol. The topological polar surface area (TPSA) is 72.2 Å². The minimum atomic E-state index is -0.542. The molecule has 0 saturated heterocycles. The number of rotatable bonds is 4. The van der Waals surface area contributed by atoms with E-state index in [1.54, 1.807) is 23.5 Å². The van der Waals surface area contributed by atoms with Crippen LogP contribution in [0.2, 0.25) is 0 Å². The fourth-order valence-electron chi connectivity index (χ4n) is 2.26. The van der Waals surface area contributed by atoms with Crippen molar-refractivity contribution in [1.82, 2.24) is 5.32 Å². The van der Waals surface area contributed by atoms with Gasteiger partial charge in [-0.3, -0.25) is 14.9 Å². The summed E-state index contributed by atoms with van der Waals surface area (Å²) in [7, 11) is 0. The van der Waals surface area contributed by atoms with E-state index in [9.17, 15) is 14.9 Å². The number of thiophene rings is 1. The van der Waals surface area contributed by atoms with Crippen LogP contribution in [0, 0.1) is 24.0 Å². The summed E-state index contributed by atoms with van der Waals surface area (Å²) in [6.45, 7) is 5.89. The maximum atomic E-state index is 12.3. The third kappa shape index (κ3) is 3.28. The van der Waals surface area contributed by atoms with Crippen LogP contribution in [0.25, 0.3) is 0 Å². The second-order valence-corrected chi connectivity index (χ2v) is 6.30. The van der Waals surface area contributed by atoms with Gasteiger partial charge in [-0.05, 0) is 38.5 Å². The zero-order chi connectivity index (χ0) is 15.6. The molecule has 2 rings (SSSR count). The molecule has 1 heterocycles. The molecule has 1 atom stereocenters. The maximum absolute atomic E-state index is 12.3. The third-order valence-corrected chi connectivity index (χ3v) is 4.22. The van der Waals surface area contributed by atoms with Crippen molar-refractivity contribution in [3.05, 3.63) is 61.3 Å². The number of carbonyl (C=O) groups excluding carboxylic acids is 1. The van der Waals surface area contributed by atoms with Crippen molar-refractivity contribution in [1.29, 1.82) is 0 Å². The second-order valence-electron chi connectivity index (χ2n) is 4.84. The van der Waals surface area contributed by atoms with Gasteiger partial charge in [0.1, 0.15) is 5.56 Å². The van der Waals surface area contributed by atoms with Crippen LogP contribution in [0.3, 0.4) is 0 Å². The summed E-state index contributed by atoms with van der Waals surface area (Å²) in [5, 5.41) is 13.8. The zero-order valence-corrected chi connectivity index (χ0v) is 12.9. The molecule has 110 valence electrons. The largest absolute Gasteiger partial charge is 0.345 e. The highest BCUT2D eigenvalue weighted by atomic mass is 32.1. The van der Waals surface area contributed by atoms with Gasteiger partial charge in [0.25, 0.3) is 11.6 Å². The van der Waals surface area contributed by atoms with Gasteiger partial charge in [-0.2, -0.15) is 0 Å². The summed E-state index contributed by atoms with van der Waals surface area (Å²) in [5.74, 6) is -0.432. The molecule has 0 aliphatic heterocycles. The van der Waals surface area contributed by atoms with Gasteiger partial charge in [-0.1, -0.05) is 12.1 Å². The van der Waals surface area contributed by atoms with E-state index < -0.39 is 10.8 Å². The molecule has 1 aromatic heterocycles. The van der Waals surface area contributed by atoms with Gasteiger partial charge in [-0.25, -0.2) is 0 Å². The molecular formula is C15H16N2O3S. The van der Waals surface area contributed by atoms with Gasteiger partial charge < -0.3 is 5.32 Å². The van der Waals surface area contributed by atoms with E-state index in [1.807, 2.05) is 26.8 Å². The lowest BCUT2D eigenvalue weighted by atomic mass is 10.1. The molecule has 0 saturated carbocycles. The Hall–Kier alpha value is -2.21. The van der Waals surface area contributed by atoms with Crippen LogP contribution in [-0.4, -0.2) is 10.8 Å². The molecule has 1 N–H and O–H groups in total. The van der Waals surface area contributed by atoms with Crippen molar-refractivity contribution < 1.29 is 9.72 Å². The van der Waals surface area contributed by atoms with Crippen LogP contribution in [0.5, 0.6) is 0 Å². The maximum Gasteiger partial charge on any atom is 0.282 e. The average molecular weight is 304 g/mol. The minimum Gasteiger partial charge on any atom is -0.345 e. The van der Waals surface area contributed by atoms with Gasteiger partial charge >= 0.3 is 0 Å². The number of aryl methyl sites for hydroxylation is 2. The van der Waals surface area contributed by atoms with E-state index >= 15 is 0 Å². The molecule has 2 aromatic rings. The zero-order valence-electron chi connectivity index (χ0n) is 12.0. The molecule has 1 aromatic carbocycles. The molecule has 5 nitrogen and oxygen atoms in total. The molecule has 0 unspecified atom stereocenters. The van der Waals surface area contributed by atoms with Gasteiger partial charge in [-0.15, -0.1) is 11.3 Å². The van der Waals surface area contributed by atoms with Gasteiger partial charge in [0, 0.05) is 15.8 Å². The Kier molecular flexibility index (Phi) is 4.37. The molecule has 0 bridgehead atoms. The summed E-state index contributed by atoms with van der Waals surface area (Å²) in [6, 6.07) is 7.80. The Balaban J connectivity index is 2.22. The Morgan fingerprint density at radius 3 is 2.57 bits per heavy atom. The second kappa shape index (κ2) is 6.05. The first-order valence-corrected chi connectivity index (χ1v) is 7.33. The first kappa shape index (κ1) is 15.2. The highest BCUT2D eigenvalue weighted by Gasteiger charge is 2.21. The first-order valence-electron chi connectivity index (χ1n) is 6.51. The number of nitro groups is 1. The van der Waals surface area contributed by atoms with Crippen LogP contribution in [0.4, 0.5) is 5.69 Å². The summed E-state index contributed by atoms with van der Waals surface area (Å²) in [6.07, 6.45) is 0. The lowest BCUT2D eigenvalue weighted by Gasteiger charge is -2.14. The van der Waals surface area contributed by atoms with Crippen LogP contribution in [0.1, 0.15) is 38.6 Å². The SMILES string of the molecule is Cc1cc([C@H](C)NC(=O)c2ccccc2[N+](=O)[O-])c(C)s1. The Morgan fingerprint density at radius 2 is 2.00 bits per heavy atom. The Labute approximate surface area is 126 Å². The lowest BCUT2D eigenvalue weighted by Crippen LogP contribution is -2.27. The predicted octanol–water partition coefficient (Wildman–Crippen LogP) is 3.76. The highest BCUT2D eigenvalue weighted by molar-refractivity contribution is 7.12. The Bertz CT molecular complexity index is 694. The van der Waals surface area contributed by atoms with E-state index in [0.717, 1.165) is 10.4 Å². The lowest BCUT2D eigenvalue weighted by molar-refractivity contribution is -0.385. The number of nitro benzene ring substituents is 1. The quantitative estimate of drug-likeness (QED) is 0.690. The molecule has 0 aliphatic carbocycles. The standard InChI is InChI=1S/C15H16N2O3S/c1-9-8-13(11(3)21-9)10(2)16-15(18)12-6-4-5-7-14(12)17(19)20/h4-8,10H,1-3H3,(H,16,18)/t10-/m0/s1. The van der Waals surface area contributed by atoms with Crippen LogP contribution < -0.4 is 5.32 Å². The van der Waals surface area contributed by atoms with Crippen molar-refractivity contribution in [3.8, 4) is 0 Å². The molecule has 0 fully saturated rings. The number of carbonyl (C=O) groups is 1. The van der Waals surface area contributed by atoms with Crippen LogP contribution >= 0.6 is 11.3 Å². The van der Waals surface area contributed by atoms with Crippen LogP contribution in [0.15, 0.2) is 30.3 Å². The molecule has 1 amide bonds. The van der Waals surface area contributed by atoms with Gasteiger partial charge in [0.05, 0.1) is 11.0 Å². The number of nitrogens with one attached hydrogen (secondary N) is 1. The van der Waals surface area contributed by atoms with E-state index in [2.05, 4.69) is 5.32 Å². The summed E-state index contributed by atoms with van der Waals surface area (Å²) in [4.78, 5) is 25.0. The Morgan fingerprint density at radius 1 is 1.33 bits per heavy atom. The van der Waals surface area contributed by atoms with E-state index in [0.29, 0.717) is 0 Å². The number of nitrogens with zero attached hydrogens (tertiary/aromatic N) is 1. The van der Waals surface area contributed by atoms with Crippen molar-refractivity contribution in [3.63, 3.8) is 0 Å². The monoisotopic (exact) mass is 304 g/mol. The number of para-hydroxylation sites is 1. The number of benzene rings is 1.